The second-order valence-electron chi connectivity index (χ2n) is 3.75. The number of aromatic nitrogens is 3. The Bertz CT molecular complexity index is 669. The zero-order valence-corrected chi connectivity index (χ0v) is 9.01. The van der Waals surface area contributed by atoms with Crippen LogP contribution in [0.25, 0.3) is 16.7 Å². The lowest BCUT2D eigenvalue weighted by Crippen LogP contribution is -2.00. The average Bonchev–Trinajstić information content (AvgIpc) is 2.74. The molecule has 2 N–H and O–H groups in total. The van der Waals surface area contributed by atoms with E-state index in [1.54, 1.807) is 0 Å². The number of rotatable bonds is 1. The highest BCUT2D eigenvalue weighted by molar-refractivity contribution is 5.82. The number of nitrogens with zero attached hydrogens (tertiary/aromatic N) is 3. The Hall–Kier alpha value is -2.10. The van der Waals surface area contributed by atoms with E-state index in [0.717, 1.165) is 28.8 Å². The topological polar surface area (TPSA) is 56.2 Å². The Morgan fingerprint density at radius 3 is 2.94 bits per heavy atom. The zero-order valence-electron chi connectivity index (χ0n) is 9.01. The molecule has 80 valence electrons. The smallest absolute Gasteiger partial charge is 0.180 e. The van der Waals surface area contributed by atoms with E-state index in [9.17, 15) is 0 Å². The largest absolute Gasteiger partial charge is 0.381 e. The number of anilines is 1. The molecule has 0 unspecified atom stereocenters. The maximum absolute atomic E-state index is 5.90. The Morgan fingerprint density at radius 2 is 2.12 bits per heavy atom. The van der Waals surface area contributed by atoms with Crippen molar-refractivity contribution in [3.8, 4) is 0 Å². The molecule has 3 rings (SSSR count). The predicted octanol–water partition coefficient (Wildman–Crippen LogP) is 2.03. The van der Waals surface area contributed by atoms with E-state index in [1.807, 2.05) is 30.5 Å². The first-order chi connectivity index (χ1) is 7.81. The number of para-hydroxylation sites is 2. The van der Waals surface area contributed by atoms with Crippen molar-refractivity contribution in [2.45, 2.75) is 13.3 Å². The van der Waals surface area contributed by atoms with Crippen LogP contribution in [0.2, 0.25) is 0 Å². The molecule has 0 saturated carbocycles. The Morgan fingerprint density at radius 1 is 1.31 bits per heavy atom. The van der Waals surface area contributed by atoms with Crippen LogP contribution in [-0.4, -0.2) is 14.4 Å². The molecule has 0 aliphatic heterocycles. The van der Waals surface area contributed by atoms with E-state index in [1.165, 1.54) is 0 Å². The van der Waals surface area contributed by atoms with E-state index in [4.69, 9.17) is 5.73 Å². The normalized spacial score (nSPS) is 11.3. The number of benzene rings is 1. The quantitative estimate of drug-likeness (QED) is 0.671. The van der Waals surface area contributed by atoms with Crippen LogP contribution < -0.4 is 5.73 Å². The van der Waals surface area contributed by atoms with Crippen LogP contribution in [0.15, 0.2) is 30.5 Å². The highest BCUT2D eigenvalue weighted by Gasteiger charge is 2.09. The molecule has 0 radical (unpaired) electrons. The summed E-state index contributed by atoms with van der Waals surface area (Å²) < 4.78 is 2.08. The van der Waals surface area contributed by atoms with Crippen molar-refractivity contribution >= 4 is 22.5 Å². The predicted molar refractivity (Wildman–Crippen MR) is 64.3 cm³/mol. The zero-order chi connectivity index (χ0) is 11.1. The van der Waals surface area contributed by atoms with E-state index < -0.39 is 0 Å². The number of nitrogen functional groups attached to an aromatic ring is 1. The molecule has 1 aromatic carbocycles. The maximum atomic E-state index is 5.90. The van der Waals surface area contributed by atoms with Crippen molar-refractivity contribution < 1.29 is 0 Å². The van der Waals surface area contributed by atoms with Crippen LogP contribution in [0.4, 0.5) is 5.82 Å². The number of hydrogen-bond acceptors (Lipinski definition) is 3. The molecule has 0 bridgehead atoms. The fourth-order valence-corrected chi connectivity index (χ4v) is 2.01. The van der Waals surface area contributed by atoms with E-state index >= 15 is 0 Å². The van der Waals surface area contributed by atoms with Gasteiger partial charge in [-0.15, -0.1) is 0 Å². The summed E-state index contributed by atoms with van der Waals surface area (Å²) in [7, 11) is 0. The minimum Gasteiger partial charge on any atom is -0.381 e. The van der Waals surface area contributed by atoms with Gasteiger partial charge in [0.2, 0.25) is 0 Å². The Balaban J connectivity index is 2.59. The molecule has 4 nitrogen and oxygen atoms in total. The first-order valence-corrected chi connectivity index (χ1v) is 5.32. The summed E-state index contributed by atoms with van der Waals surface area (Å²) in [6.45, 7) is 2.11. The standard InChI is InChI=1S/C12H12N4/c1-2-8-7-14-12-11(13)15-9-5-3-4-6-10(9)16(8)12/h3-7H,2H2,1H3,(H2,13,15). The lowest BCUT2D eigenvalue weighted by molar-refractivity contribution is 1.02. The Labute approximate surface area is 92.7 Å². The summed E-state index contributed by atoms with van der Waals surface area (Å²) in [6, 6.07) is 7.96. The molecule has 0 aliphatic carbocycles. The van der Waals surface area contributed by atoms with Gasteiger partial charge in [-0.1, -0.05) is 19.1 Å². The van der Waals surface area contributed by atoms with Crippen molar-refractivity contribution in [1.29, 1.82) is 0 Å². The molecule has 0 aliphatic rings. The Kier molecular flexibility index (Phi) is 1.83. The fourth-order valence-electron chi connectivity index (χ4n) is 2.01. The van der Waals surface area contributed by atoms with Crippen LogP contribution in [0, 0.1) is 0 Å². The van der Waals surface area contributed by atoms with Gasteiger partial charge in [0.15, 0.2) is 11.5 Å². The summed E-state index contributed by atoms with van der Waals surface area (Å²) in [4.78, 5) is 8.66. The first-order valence-electron chi connectivity index (χ1n) is 5.32. The van der Waals surface area contributed by atoms with Gasteiger partial charge < -0.3 is 5.73 Å². The second kappa shape index (κ2) is 3.20. The minimum absolute atomic E-state index is 0.485. The minimum atomic E-state index is 0.485. The average molecular weight is 212 g/mol. The van der Waals surface area contributed by atoms with Gasteiger partial charge in [0.25, 0.3) is 0 Å². The van der Waals surface area contributed by atoms with Crippen molar-refractivity contribution in [2.75, 3.05) is 5.73 Å². The molecule has 0 amide bonds. The van der Waals surface area contributed by atoms with E-state index in [-0.39, 0.29) is 0 Å². The van der Waals surface area contributed by atoms with Crippen LogP contribution in [-0.2, 0) is 6.42 Å². The molecule has 4 heteroatoms. The van der Waals surface area contributed by atoms with E-state index in [0.29, 0.717) is 5.82 Å². The highest BCUT2D eigenvalue weighted by atomic mass is 15.1. The molecular formula is C12H12N4. The summed E-state index contributed by atoms with van der Waals surface area (Å²) in [5.41, 5.74) is 9.75. The number of hydrogen-bond donors (Lipinski definition) is 1. The van der Waals surface area contributed by atoms with Gasteiger partial charge in [-0.2, -0.15) is 0 Å². The highest BCUT2D eigenvalue weighted by Crippen LogP contribution is 2.20. The maximum Gasteiger partial charge on any atom is 0.180 e. The summed E-state index contributed by atoms with van der Waals surface area (Å²) in [6.07, 6.45) is 2.79. The van der Waals surface area contributed by atoms with Crippen LogP contribution in [0.5, 0.6) is 0 Å². The lowest BCUT2D eigenvalue weighted by Gasteiger charge is -2.05. The molecule has 0 atom stereocenters. The first kappa shape index (κ1) is 9.15. The second-order valence-corrected chi connectivity index (χ2v) is 3.75. The van der Waals surface area contributed by atoms with E-state index in [2.05, 4.69) is 21.3 Å². The molecule has 3 aromatic rings. The molecule has 0 spiro atoms. The third-order valence-electron chi connectivity index (χ3n) is 2.79. The van der Waals surface area contributed by atoms with Gasteiger partial charge in [0.1, 0.15) is 0 Å². The van der Waals surface area contributed by atoms with Gasteiger partial charge >= 0.3 is 0 Å². The molecule has 0 saturated heterocycles. The molecule has 16 heavy (non-hydrogen) atoms. The van der Waals surface area contributed by atoms with Crippen molar-refractivity contribution in [1.82, 2.24) is 14.4 Å². The van der Waals surface area contributed by atoms with Gasteiger partial charge in [-0.3, -0.25) is 4.40 Å². The monoisotopic (exact) mass is 212 g/mol. The fraction of sp³-hybridized carbons (Fsp3) is 0.167. The molecular weight excluding hydrogens is 200 g/mol. The molecule has 2 aromatic heterocycles. The van der Waals surface area contributed by atoms with Crippen LogP contribution >= 0.6 is 0 Å². The third-order valence-corrected chi connectivity index (χ3v) is 2.79. The summed E-state index contributed by atoms with van der Waals surface area (Å²) in [5.74, 6) is 0.485. The molecule has 2 heterocycles. The van der Waals surface area contributed by atoms with Crippen LogP contribution in [0.1, 0.15) is 12.6 Å². The van der Waals surface area contributed by atoms with Crippen molar-refractivity contribution in [3.05, 3.63) is 36.2 Å². The van der Waals surface area contributed by atoms with Gasteiger partial charge in [0, 0.05) is 11.9 Å². The number of imidazole rings is 1. The molecule has 0 fully saturated rings. The number of aryl methyl sites for hydroxylation is 1. The van der Waals surface area contributed by atoms with Crippen LogP contribution in [0.3, 0.4) is 0 Å². The third kappa shape index (κ3) is 1.10. The SMILES string of the molecule is CCc1cnc2c(N)nc3ccccc3n12. The van der Waals surface area contributed by atoms with Crippen molar-refractivity contribution in [2.24, 2.45) is 0 Å². The van der Waals surface area contributed by atoms with Gasteiger partial charge in [0.05, 0.1) is 11.0 Å². The summed E-state index contributed by atoms with van der Waals surface area (Å²) in [5, 5.41) is 0. The van der Waals surface area contributed by atoms with Crippen molar-refractivity contribution in [3.63, 3.8) is 0 Å². The van der Waals surface area contributed by atoms with Gasteiger partial charge in [-0.25, -0.2) is 9.97 Å². The lowest BCUT2D eigenvalue weighted by atomic mass is 10.3. The number of nitrogens with two attached hydrogens (primary N) is 1. The van der Waals surface area contributed by atoms with Gasteiger partial charge in [-0.05, 0) is 18.6 Å². The number of fused-ring (bicyclic) bond motifs is 3. The summed E-state index contributed by atoms with van der Waals surface area (Å²) >= 11 is 0.